The first kappa shape index (κ1) is 13.8. The third kappa shape index (κ3) is 3.67. The van der Waals surface area contributed by atoms with E-state index in [4.69, 9.17) is 5.73 Å². The Bertz CT molecular complexity index is 458. The van der Waals surface area contributed by atoms with Crippen LogP contribution in [0.4, 0.5) is 10.1 Å². The maximum atomic E-state index is 13.7. The van der Waals surface area contributed by atoms with E-state index in [1.165, 1.54) is 24.6 Å². The number of nitrogens with two attached hydrogens (primary N) is 1. The quantitative estimate of drug-likeness (QED) is 0.761. The Morgan fingerprint density at radius 2 is 2.42 bits per heavy atom. The van der Waals surface area contributed by atoms with Crippen molar-refractivity contribution in [3.63, 3.8) is 0 Å². The molecule has 0 aliphatic carbocycles. The summed E-state index contributed by atoms with van der Waals surface area (Å²) in [6.45, 7) is 3.07. The molecule has 1 aromatic carbocycles. The summed E-state index contributed by atoms with van der Waals surface area (Å²) in [4.78, 5) is 11.1. The highest BCUT2D eigenvalue weighted by Gasteiger charge is 2.18. The van der Waals surface area contributed by atoms with E-state index in [2.05, 4.69) is 10.6 Å². The first-order chi connectivity index (χ1) is 9.06. The lowest BCUT2D eigenvalue weighted by molar-refractivity contribution is 0.100. The van der Waals surface area contributed by atoms with E-state index in [1.807, 2.05) is 6.92 Å². The number of benzene rings is 1. The van der Waals surface area contributed by atoms with E-state index >= 15 is 0 Å². The Balaban J connectivity index is 2.00. The molecule has 4 N–H and O–H groups in total. The Morgan fingerprint density at radius 1 is 1.63 bits per heavy atom. The molecule has 5 heteroatoms. The van der Waals surface area contributed by atoms with Gasteiger partial charge < -0.3 is 16.4 Å². The van der Waals surface area contributed by atoms with Gasteiger partial charge in [0.2, 0.25) is 5.91 Å². The van der Waals surface area contributed by atoms with Crippen molar-refractivity contribution in [1.82, 2.24) is 5.32 Å². The predicted octanol–water partition coefficient (Wildman–Crippen LogP) is 1.87. The SMILES string of the molecule is CC(CC1CCCN1)Nc1cc(C(N)=O)ccc1F. The third-order valence-corrected chi connectivity index (χ3v) is 3.45. The molecule has 2 atom stereocenters. The van der Waals surface area contributed by atoms with Gasteiger partial charge in [-0.25, -0.2) is 4.39 Å². The summed E-state index contributed by atoms with van der Waals surface area (Å²) < 4.78 is 13.7. The average Bonchev–Trinajstić information content (AvgIpc) is 2.84. The number of anilines is 1. The molecule has 1 heterocycles. The van der Waals surface area contributed by atoms with E-state index in [-0.39, 0.29) is 11.9 Å². The number of amides is 1. The number of nitrogens with one attached hydrogen (secondary N) is 2. The van der Waals surface area contributed by atoms with Crippen LogP contribution in [0.25, 0.3) is 0 Å². The summed E-state index contributed by atoms with van der Waals surface area (Å²) in [7, 11) is 0. The molecule has 1 aliphatic heterocycles. The average molecular weight is 265 g/mol. The maximum Gasteiger partial charge on any atom is 0.248 e. The second-order valence-electron chi connectivity index (χ2n) is 5.13. The number of halogens is 1. The summed E-state index contributed by atoms with van der Waals surface area (Å²) in [5, 5.41) is 6.52. The van der Waals surface area contributed by atoms with E-state index in [1.54, 1.807) is 0 Å². The zero-order chi connectivity index (χ0) is 13.8. The van der Waals surface area contributed by atoms with Gasteiger partial charge in [-0.1, -0.05) is 0 Å². The molecule has 0 aromatic heterocycles. The first-order valence-corrected chi connectivity index (χ1v) is 6.65. The van der Waals surface area contributed by atoms with Crippen LogP contribution in [0.5, 0.6) is 0 Å². The van der Waals surface area contributed by atoms with E-state index < -0.39 is 5.91 Å². The lowest BCUT2D eigenvalue weighted by Gasteiger charge is -2.20. The van der Waals surface area contributed by atoms with Crippen LogP contribution in [0.3, 0.4) is 0 Å². The molecular weight excluding hydrogens is 245 g/mol. The van der Waals surface area contributed by atoms with Crippen LogP contribution in [0.1, 0.15) is 36.5 Å². The molecule has 4 nitrogen and oxygen atoms in total. The molecular formula is C14H20FN3O. The third-order valence-electron chi connectivity index (χ3n) is 3.45. The molecule has 1 aliphatic rings. The van der Waals surface area contributed by atoms with E-state index in [0.717, 1.165) is 19.4 Å². The standard InChI is InChI=1S/C14H20FN3O/c1-9(7-11-3-2-6-17-11)18-13-8-10(14(16)19)4-5-12(13)15/h4-5,8-9,11,17-18H,2-3,6-7H2,1H3,(H2,16,19). The zero-order valence-electron chi connectivity index (χ0n) is 11.1. The topological polar surface area (TPSA) is 67.2 Å². The van der Waals surface area contributed by atoms with Crippen molar-refractivity contribution in [3.8, 4) is 0 Å². The second kappa shape index (κ2) is 6.02. The fourth-order valence-electron chi connectivity index (χ4n) is 2.50. The highest BCUT2D eigenvalue weighted by atomic mass is 19.1. The smallest absolute Gasteiger partial charge is 0.248 e. The van der Waals surface area contributed by atoms with Gasteiger partial charge in [0.25, 0.3) is 0 Å². The minimum atomic E-state index is -0.548. The zero-order valence-corrected chi connectivity index (χ0v) is 11.1. The highest BCUT2D eigenvalue weighted by Crippen LogP contribution is 2.19. The van der Waals surface area contributed by atoms with Crippen molar-refractivity contribution >= 4 is 11.6 Å². The van der Waals surface area contributed by atoms with Gasteiger partial charge in [0, 0.05) is 17.6 Å². The molecule has 2 rings (SSSR count). The summed E-state index contributed by atoms with van der Waals surface area (Å²) in [6, 6.07) is 4.75. The molecule has 1 saturated heterocycles. The lowest BCUT2D eigenvalue weighted by atomic mass is 10.1. The summed E-state index contributed by atoms with van der Waals surface area (Å²) in [6.07, 6.45) is 3.29. The van der Waals surface area contributed by atoms with Crippen LogP contribution >= 0.6 is 0 Å². The highest BCUT2D eigenvalue weighted by molar-refractivity contribution is 5.93. The minimum Gasteiger partial charge on any atom is -0.380 e. The normalized spacial score (nSPS) is 20.2. The Hall–Kier alpha value is -1.62. The molecule has 0 radical (unpaired) electrons. The molecule has 0 spiro atoms. The van der Waals surface area contributed by atoms with Gasteiger partial charge in [-0.2, -0.15) is 0 Å². The van der Waals surface area contributed by atoms with Gasteiger partial charge >= 0.3 is 0 Å². The number of rotatable bonds is 5. The van der Waals surface area contributed by atoms with Crippen molar-refractivity contribution < 1.29 is 9.18 Å². The van der Waals surface area contributed by atoms with Gasteiger partial charge in [0.15, 0.2) is 0 Å². The van der Waals surface area contributed by atoms with Crippen LogP contribution in [0.15, 0.2) is 18.2 Å². The number of carbonyl (C=O) groups excluding carboxylic acids is 1. The summed E-state index contributed by atoms with van der Waals surface area (Å²) >= 11 is 0. The molecule has 19 heavy (non-hydrogen) atoms. The van der Waals surface area contributed by atoms with Crippen LogP contribution < -0.4 is 16.4 Å². The largest absolute Gasteiger partial charge is 0.380 e. The van der Waals surface area contributed by atoms with E-state index in [0.29, 0.717) is 17.3 Å². The first-order valence-electron chi connectivity index (χ1n) is 6.65. The van der Waals surface area contributed by atoms with Crippen molar-refractivity contribution in [1.29, 1.82) is 0 Å². The number of hydrogen-bond donors (Lipinski definition) is 3. The van der Waals surface area contributed by atoms with Crippen LogP contribution in [-0.2, 0) is 0 Å². The Kier molecular flexibility index (Phi) is 4.37. The Morgan fingerprint density at radius 3 is 3.05 bits per heavy atom. The molecule has 0 saturated carbocycles. The lowest BCUT2D eigenvalue weighted by Crippen LogP contribution is -2.29. The van der Waals surface area contributed by atoms with Crippen molar-refractivity contribution in [2.45, 2.75) is 38.3 Å². The van der Waals surface area contributed by atoms with Gasteiger partial charge in [-0.05, 0) is 50.9 Å². The van der Waals surface area contributed by atoms with Crippen molar-refractivity contribution in [2.24, 2.45) is 5.73 Å². The fourth-order valence-corrected chi connectivity index (χ4v) is 2.50. The molecule has 1 fully saturated rings. The second-order valence-corrected chi connectivity index (χ2v) is 5.13. The van der Waals surface area contributed by atoms with Crippen molar-refractivity contribution in [2.75, 3.05) is 11.9 Å². The van der Waals surface area contributed by atoms with Gasteiger partial charge in [-0.15, -0.1) is 0 Å². The molecule has 104 valence electrons. The van der Waals surface area contributed by atoms with Crippen molar-refractivity contribution in [3.05, 3.63) is 29.6 Å². The van der Waals surface area contributed by atoms with Crippen LogP contribution in [-0.4, -0.2) is 24.5 Å². The molecule has 1 aromatic rings. The summed E-state index contributed by atoms with van der Waals surface area (Å²) in [5.41, 5.74) is 5.85. The predicted molar refractivity (Wildman–Crippen MR) is 73.6 cm³/mol. The number of primary amides is 1. The molecule has 2 unspecified atom stereocenters. The van der Waals surface area contributed by atoms with Crippen LogP contribution in [0.2, 0.25) is 0 Å². The maximum absolute atomic E-state index is 13.7. The fraction of sp³-hybridized carbons (Fsp3) is 0.500. The summed E-state index contributed by atoms with van der Waals surface area (Å²) in [5.74, 6) is -0.913. The van der Waals surface area contributed by atoms with E-state index in [9.17, 15) is 9.18 Å². The molecule has 0 bridgehead atoms. The van der Waals surface area contributed by atoms with Gasteiger partial charge in [-0.3, -0.25) is 4.79 Å². The van der Waals surface area contributed by atoms with Crippen LogP contribution in [0, 0.1) is 5.82 Å². The molecule has 1 amide bonds. The van der Waals surface area contributed by atoms with Gasteiger partial charge in [0.1, 0.15) is 5.82 Å². The number of carbonyl (C=O) groups is 1. The number of hydrogen-bond acceptors (Lipinski definition) is 3. The Labute approximate surface area is 112 Å². The minimum absolute atomic E-state index is 0.133. The van der Waals surface area contributed by atoms with Gasteiger partial charge in [0.05, 0.1) is 5.69 Å². The monoisotopic (exact) mass is 265 g/mol.